The van der Waals surface area contributed by atoms with Crippen molar-refractivity contribution >= 4 is 15.8 Å². The lowest BCUT2D eigenvalue weighted by atomic mass is 10.00. The maximum absolute atomic E-state index is 11.5. The second kappa shape index (κ2) is 6.74. The monoisotopic (exact) mass is 360 g/mol. The molecule has 134 valence electrons. The molecule has 3 N–H and O–H groups in total. The van der Waals surface area contributed by atoms with Crippen LogP contribution in [0.3, 0.4) is 0 Å². The normalized spacial score (nSPS) is 20.5. The van der Waals surface area contributed by atoms with Crippen molar-refractivity contribution in [3.8, 4) is 0 Å². The molecule has 2 aromatic rings. The van der Waals surface area contributed by atoms with E-state index in [-0.39, 0.29) is 16.6 Å². The number of primary sulfonamides is 1. The molecule has 1 atom stereocenters. The van der Waals surface area contributed by atoms with E-state index in [1.165, 1.54) is 11.6 Å². The van der Waals surface area contributed by atoms with Crippen LogP contribution >= 0.6 is 0 Å². The van der Waals surface area contributed by atoms with Gasteiger partial charge in [-0.15, -0.1) is 0 Å². The van der Waals surface area contributed by atoms with Crippen LogP contribution in [0.2, 0.25) is 0 Å². The van der Waals surface area contributed by atoms with E-state index in [4.69, 9.17) is 5.14 Å². The van der Waals surface area contributed by atoms with Crippen LogP contribution in [-0.4, -0.2) is 36.4 Å². The van der Waals surface area contributed by atoms with Crippen molar-refractivity contribution < 1.29 is 8.42 Å². The van der Waals surface area contributed by atoms with Crippen LogP contribution in [0.15, 0.2) is 53.6 Å². The molecule has 1 unspecified atom stereocenters. The maximum atomic E-state index is 11.5. The van der Waals surface area contributed by atoms with Gasteiger partial charge in [0.15, 0.2) is 5.03 Å². The van der Waals surface area contributed by atoms with E-state index in [9.17, 15) is 8.42 Å². The summed E-state index contributed by atoms with van der Waals surface area (Å²) in [5, 5.41) is 8.40. The van der Waals surface area contributed by atoms with Crippen LogP contribution < -0.4 is 10.5 Å². The molecular weight excluding hydrogens is 336 g/mol. The van der Waals surface area contributed by atoms with E-state index in [0.717, 1.165) is 19.5 Å². The van der Waals surface area contributed by atoms with Crippen molar-refractivity contribution in [1.82, 2.24) is 9.88 Å². The van der Waals surface area contributed by atoms with Gasteiger partial charge in [-0.2, -0.15) is 0 Å². The zero-order valence-electron chi connectivity index (χ0n) is 14.5. The molecule has 1 saturated heterocycles. The Morgan fingerprint density at radius 2 is 1.92 bits per heavy atom. The molecule has 1 fully saturated rings. The van der Waals surface area contributed by atoms with E-state index in [2.05, 4.69) is 53.3 Å². The van der Waals surface area contributed by atoms with Gasteiger partial charge in [0.05, 0.1) is 0 Å². The number of nitrogens with two attached hydrogens (primary N) is 1. The number of hydrogen-bond donors (Lipinski definition) is 2. The molecule has 0 saturated carbocycles. The highest BCUT2D eigenvalue weighted by atomic mass is 32.2. The molecule has 0 bridgehead atoms. The van der Waals surface area contributed by atoms with Crippen molar-refractivity contribution in [2.24, 2.45) is 5.14 Å². The molecule has 7 heteroatoms. The Labute approximate surface area is 149 Å². The molecule has 0 amide bonds. The Morgan fingerprint density at radius 1 is 1.20 bits per heavy atom. The molecule has 0 aliphatic carbocycles. The first-order valence-electron chi connectivity index (χ1n) is 8.29. The minimum atomic E-state index is -3.79. The van der Waals surface area contributed by atoms with Gasteiger partial charge in [-0.05, 0) is 38.0 Å². The second-order valence-electron chi connectivity index (χ2n) is 7.13. The molecule has 3 rings (SSSR count). The highest BCUT2D eigenvalue weighted by molar-refractivity contribution is 7.89. The predicted octanol–water partition coefficient (Wildman–Crippen LogP) is 2.19. The van der Waals surface area contributed by atoms with Crippen LogP contribution in [0, 0.1) is 0 Å². The quantitative estimate of drug-likeness (QED) is 0.853. The zero-order chi connectivity index (χ0) is 18.1. The van der Waals surface area contributed by atoms with Gasteiger partial charge in [0.1, 0.15) is 5.82 Å². The maximum Gasteiger partial charge on any atom is 0.255 e. The van der Waals surface area contributed by atoms with E-state index < -0.39 is 10.0 Å². The topological polar surface area (TPSA) is 88.3 Å². The molecule has 1 aromatic heterocycles. The number of hydrogen-bond acceptors (Lipinski definition) is 5. The minimum Gasteiger partial charge on any atom is -0.366 e. The third-order valence-electron chi connectivity index (χ3n) is 4.63. The standard InChI is InChI=1S/C18H24N4O2S/c1-18(2)11-15(13-22(18)12-14-7-4-3-5-8-14)20-16-9-6-10-17(21-16)25(19,23)24/h3-10,15H,11-13H2,1-2H3,(H,20,21)(H2,19,23,24). The van der Waals surface area contributed by atoms with E-state index in [1.54, 1.807) is 12.1 Å². The SMILES string of the molecule is CC1(C)CC(Nc2cccc(S(N)(=O)=O)n2)CN1Cc1ccccc1. The number of sulfonamides is 1. The zero-order valence-corrected chi connectivity index (χ0v) is 15.3. The van der Waals surface area contributed by atoms with Crippen LogP contribution in [0.25, 0.3) is 0 Å². The lowest BCUT2D eigenvalue weighted by Gasteiger charge is -2.31. The fourth-order valence-corrected chi connectivity index (χ4v) is 3.85. The van der Waals surface area contributed by atoms with Crippen molar-refractivity contribution in [2.75, 3.05) is 11.9 Å². The number of pyridine rings is 1. The summed E-state index contributed by atoms with van der Waals surface area (Å²) in [5.41, 5.74) is 1.33. The number of nitrogens with zero attached hydrogens (tertiary/aromatic N) is 2. The summed E-state index contributed by atoms with van der Waals surface area (Å²) in [6.07, 6.45) is 0.946. The van der Waals surface area contributed by atoms with Gasteiger partial charge < -0.3 is 5.32 Å². The number of anilines is 1. The number of benzene rings is 1. The Balaban J connectivity index is 1.71. The van der Waals surface area contributed by atoms with Gasteiger partial charge in [0.2, 0.25) is 0 Å². The van der Waals surface area contributed by atoms with Gasteiger partial charge in [0.25, 0.3) is 10.0 Å². The van der Waals surface area contributed by atoms with Crippen LogP contribution in [-0.2, 0) is 16.6 Å². The average molecular weight is 360 g/mol. The van der Waals surface area contributed by atoms with Gasteiger partial charge in [-0.1, -0.05) is 36.4 Å². The van der Waals surface area contributed by atoms with Gasteiger partial charge in [0, 0.05) is 24.7 Å². The highest BCUT2D eigenvalue weighted by Crippen LogP contribution is 2.31. The van der Waals surface area contributed by atoms with Crippen LogP contribution in [0.5, 0.6) is 0 Å². The molecule has 6 nitrogen and oxygen atoms in total. The Hall–Kier alpha value is -1.96. The fraction of sp³-hybridized carbons (Fsp3) is 0.389. The third-order valence-corrected chi connectivity index (χ3v) is 5.44. The Bertz CT molecular complexity index is 837. The summed E-state index contributed by atoms with van der Waals surface area (Å²) in [5.74, 6) is 0.536. The summed E-state index contributed by atoms with van der Waals surface area (Å²) in [6, 6.07) is 15.4. The first-order valence-corrected chi connectivity index (χ1v) is 9.84. The molecule has 2 heterocycles. The van der Waals surface area contributed by atoms with Crippen molar-refractivity contribution in [1.29, 1.82) is 0 Å². The van der Waals surface area contributed by atoms with Crippen molar-refractivity contribution in [3.05, 3.63) is 54.1 Å². The molecule has 1 aliphatic rings. The van der Waals surface area contributed by atoms with E-state index in [1.807, 2.05) is 6.07 Å². The lowest BCUT2D eigenvalue weighted by molar-refractivity contribution is 0.166. The van der Waals surface area contributed by atoms with Crippen molar-refractivity contribution in [3.63, 3.8) is 0 Å². The largest absolute Gasteiger partial charge is 0.366 e. The molecule has 1 aliphatic heterocycles. The highest BCUT2D eigenvalue weighted by Gasteiger charge is 2.38. The number of rotatable bonds is 5. The minimum absolute atomic E-state index is 0.0467. The first kappa shape index (κ1) is 17.8. The Morgan fingerprint density at radius 3 is 2.60 bits per heavy atom. The summed E-state index contributed by atoms with van der Waals surface area (Å²) in [7, 11) is -3.79. The fourth-order valence-electron chi connectivity index (χ4n) is 3.35. The summed E-state index contributed by atoms with van der Waals surface area (Å²) in [4.78, 5) is 6.56. The van der Waals surface area contributed by atoms with Gasteiger partial charge in [-0.3, -0.25) is 4.90 Å². The Kier molecular flexibility index (Phi) is 4.81. The second-order valence-corrected chi connectivity index (χ2v) is 8.64. The average Bonchev–Trinajstić information content (AvgIpc) is 2.81. The number of nitrogens with one attached hydrogen (secondary N) is 1. The number of aromatic nitrogens is 1. The van der Waals surface area contributed by atoms with Crippen molar-refractivity contribution in [2.45, 2.75) is 43.4 Å². The number of likely N-dealkylation sites (tertiary alicyclic amines) is 1. The predicted molar refractivity (Wildman–Crippen MR) is 98.6 cm³/mol. The molecular formula is C18H24N4O2S. The summed E-state index contributed by atoms with van der Waals surface area (Å²) in [6.45, 7) is 6.21. The summed E-state index contributed by atoms with van der Waals surface area (Å²) >= 11 is 0. The molecule has 1 aromatic carbocycles. The molecule has 0 spiro atoms. The van der Waals surface area contributed by atoms with Gasteiger partial charge >= 0.3 is 0 Å². The molecule has 0 radical (unpaired) electrons. The third kappa shape index (κ3) is 4.36. The van der Waals surface area contributed by atoms with E-state index >= 15 is 0 Å². The molecule has 25 heavy (non-hydrogen) atoms. The summed E-state index contributed by atoms with van der Waals surface area (Å²) < 4.78 is 22.9. The van der Waals surface area contributed by atoms with E-state index in [0.29, 0.717) is 5.82 Å². The van der Waals surface area contributed by atoms with Gasteiger partial charge in [-0.25, -0.2) is 18.5 Å². The van der Waals surface area contributed by atoms with Crippen LogP contribution in [0.4, 0.5) is 5.82 Å². The van der Waals surface area contributed by atoms with Crippen LogP contribution in [0.1, 0.15) is 25.8 Å². The smallest absolute Gasteiger partial charge is 0.255 e. The lowest BCUT2D eigenvalue weighted by Crippen LogP contribution is -2.37. The first-order chi connectivity index (χ1) is 11.7.